The number of hydrogen-bond acceptors (Lipinski definition) is 4. The summed E-state index contributed by atoms with van der Waals surface area (Å²) in [7, 11) is 0. The molecule has 2 saturated heterocycles. The normalized spacial score (nSPS) is 34.5. The van der Waals surface area contributed by atoms with Crippen molar-refractivity contribution in [3.05, 3.63) is 0 Å². The summed E-state index contributed by atoms with van der Waals surface area (Å²) in [4.78, 5) is 24.2. The highest BCUT2D eigenvalue weighted by Gasteiger charge is 2.39. The molecule has 2 rings (SSSR count). The zero-order valence-electron chi connectivity index (χ0n) is 10.9. The van der Waals surface area contributed by atoms with Crippen molar-refractivity contribution in [2.45, 2.75) is 38.0 Å². The van der Waals surface area contributed by atoms with Crippen molar-refractivity contribution in [2.24, 2.45) is 5.92 Å². The van der Waals surface area contributed by atoms with Gasteiger partial charge in [0, 0.05) is 32.0 Å². The lowest BCUT2D eigenvalue weighted by Crippen LogP contribution is -2.47. The third-order valence-corrected chi connectivity index (χ3v) is 3.87. The van der Waals surface area contributed by atoms with E-state index in [0.29, 0.717) is 13.2 Å². The van der Waals surface area contributed by atoms with Gasteiger partial charge in [-0.2, -0.15) is 0 Å². The highest BCUT2D eigenvalue weighted by atomic mass is 16.5. The molecule has 3 N–H and O–H groups in total. The van der Waals surface area contributed by atoms with E-state index < -0.39 is 24.1 Å². The number of nitrogens with zero attached hydrogens (tertiary/aromatic N) is 1. The number of urea groups is 1. The lowest BCUT2D eigenvalue weighted by Gasteiger charge is -2.23. The number of carbonyl (C=O) groups is 2. The number of carboxylic acid groups (broad SMARTS) is 1. The van der Waals surface area contributed by atoms with Crippen LogP contribution in [-0.4, -0.2) is 65.1 Å². The van der Waals surface area contributed by atoms with Crippen LogP contribution in [0.3, 0.4) is 0 Å². The van der Waals surface area contributed by atoms with Gasteiger partial charge in [-0.05, 0) is 13.3 Å². The van der Waals surface area contributed by atoms with Crippen molar-refractivity contribution < 1.29 is 24.5 Å². The van der Waals surface area contributed by atoms with Crippen LogP contribution in [0.2, 0.25) is 0 Å². The first-order chi connectivity index (χ1) is 8.99. The van der Waals surface area contributed by atoms with Crippen molar-refractivity contribution in [3.8, 4) is 0 Å². The average molecular weight is 272 g/mol. The molecule has 7 nitrogen and oxygen atoms in total. The van der Waals surface area contributed by atoms with Gasteiger partial charge in [0.2, 0.25) is 0 Å². The molecular formula is C12H20N2O5. The Labute approximate surface area is 111 Å². The molecule has 0 saturated carbocycles. The second-order valence-corrected chi connectivity index (χ2v) is 5.21. The van der Waals surface area contributed by atoms with Gasteiger partial charge in [-0.3, -0.25) is 0 Å². The van der Waals surface area contributed by atoms with Crippen LogP contribution < -0.4 is 5.32 Å². The van der Waals surface area contributed by atoms with Gasteiger partial charge in [0.05, 0.1) is 12.2 Å². The van der Waals surface area contributed by atoms with Gasteiger partial charge in [-0.1, -0.05) is 0 Å². The molecule has 2 aliphatic heterocycles. The van der Waals surface area contributed by atoms with Crippen LogP contribution in [0.1, 0.15) is 19.8 Å². The Hall–Kier alpha value is -1.34. The molecule has 4 atom stereocenters. The number of likely N-dealkylation sites (tertiary alicyclic amines) is 1. The van der Waals surface area contributed by atoms with Crippen molar-refractivity contribution in [1.82, 2.24) is 10.2 Å². The molecule has 0 aromatic rings. The third-order valence-electron chi connectivity index (χ3n) is 3.87. The van der Waals surface area contributed by atoms with Gasteiger partial charge in [-0.25, -0.2) is 9.59 Å². The topological polar surface area (TPSA) is 99.1 Å². The van der Waals surface area contributed by atoms with Crippen molar-refractivity contribution in [3.63, 3.8) is 0 Å². The van der Waals surface area contributed by atoms with E-state index in [1.165, 1.54) is 4.90 Å². The van der Waals surface area contributed by atoms with E-state index in [9.17, 15) is 14.7 Å². The summed E-state index contributed by atoms with van der Waals surface area (Å²) in [5.41, 5.74) is 0. The fourth-order valence-electron chi connectivity index (χ4n) is 2.64. The van der Waals surface area contributed by atoms with E-state index >= 15 is 0 Å². The summed E-state index contributed by atoms with van der Waals surface area (Å²) in [6, 6.07) is -1.37. The molecule has 0 aromatic heterocycles. The van der Waals surface area contributed by atoms with Gasteiger partial charge in [0.25, 0.3) is 0 Å². The Balaban J connectivity index is 1.86. The molecule has 0 aliphatic carbocycles. The molecule has 0 aromatic carbocycles. The predicted octanol–water partition coefficient (Wildman–Crippen LogP) is -0.359. The zero-order chi connectivity index (χ0) is 14.0. The minimum Gasteiger partial charge on any atom is -0.480 e. The first-order valence-corrected chi connectivity index (χ1v) is 6.56. The first kappa shape index (κ1) is 14.1. The second kappa shape index (κ2) is 5.75. The average Bonchev–Trinajstić information content (AvgIpc) is 2.92. The van der Waals surface area contributed by atoms with Gasteiger partial charge >= 0.3 is 12.0 Å². The number of ether oxygens (including phenoxy) is 1. The number of hydrogen-bond donors (Lipinski definition) is 3. The van der Waals surface area contributed by atoms with Gasteiger partial charge in [-0.15, -0.1) is 0 Å². The summed E-state index contributed by atoms with van der Waals surface area (Å²) in [5.74, 6) is -0.816. The lowest BCUT2D eigenvalue weighted by atomic mass is 10.0. The first-order valence-electron chi connectivity index (χ1n) is 6.56. The van der Waals surface area contributed by atoms with Crippen molar-refractivity contribution in [2.75, 3.05) is 19.7 Å². The Morgan fingerprint density at radius 2 is 2.21 bits per heavy atom. The monoisotopic (exact) mass is 272 g/mol. The number of β-amino-alcohol motifs (C(OH)–C–C–N with tert-alkyl or cyclic N) is 1. The Morgan fingerprint density at radius 1 is 1.47 bits per heavy atom. The Kier molecular flexibility index (Phi) is 4.26. The molecule has 108 valence electrons. The van der Waals surface area contributed by atoms with Crippen LogP contribution in [0.4, 0.5) is 4.79 Å². The number of aliphatic hydroxyl groups is 1. The Bertz CT molecular complexity index is 362. The SMILES string of the molecule is CC1OCCC1CNC(=O)N1C[C@@H](O)C[C@H]1C(=O)O. The van der Waals surface area contributed by atoms with E-state index in [1.54, 1.807) is 0 Å². The number of amides is 2. The maximum absolute atomic E-state index is 12.0. The summed E-state index contributed by atoms with van der Waals surface area (Å²) in [6.45, 7) is 3.20. The lowest BCUT2D eigenvalue weighted by molar-refractivity contribution is -0.141. The molecule has 19 heavy (non-hydrogen) atoms. The number of aliphatic hydroxyl groups excluding tert-OH is 1. The quantitative estimate of drug-likeness (QED) is 0.651. The van der Waals surface area contributed by atoms with E-state index in [4.69, 9.17) is 9.84 Å². The van der Waals surface area contributed by atoms with E-state index in [1.807, 2.05) is 6.92 Å². The second-order valence-electron chi connectivity index (χ2n) is 5.21. The molecule has 2 amide bonds. The molecule has 0 radical (unpaired) electrons. The minimum absolute atomic E-state index is 0.0690. The van der Waals surface area contributed by atoms with Crippen LogP contribution in [0.5, 0.6) is 0 Å². The molecule has 0 spiro atoms. The molecule has 7 heteroatoms. The van der Waals surface area contributed by atoms with E-state index in [-0.39, 0.29) is 25.0 Å². The molecule has 2 aliphatic rings. The molecule has 2 heterocycles. The van der Waals surface area contributed by atoms with Gasteiger partial charge in [0.1, 0.15) is 6.04 Å². The number of aliphatic carboxylic acids is 1. The zero-order valence-corrected chi connectivity index (χ0v) is 10.9. The number of carbonyl (C=O) groups excluding carboxylic acids is 1. The standard InChI is InChI=1S/C12H20N2O5/c1-7-8(2-3-19-7)5-13-12(18)14-6-9(15)4-10(14)11(16)17/h7-10,15H,2-6H2,1H3,(H,13,18)(H,16,17)/t7?,8?,9-,10-/m0/s1. The summed E-state index contributed by atoms with van der Waals surface area (Å²) in [5, 5.41) is 21.2. The third kappa shape index (κ3) is 3.16. The molecule has 2 fully saturated rings. The summed E-state index contributed by atoms with van der Waals surface area (Å²) in [6.07, 6.45) is 0.332. The smallest absolute Gasteiger partial charge is 0.326 e. The predicted molar refractivity (Wildman–Crippen MR) is 65.7 cm³/mol. The number of carboxylic acids is 1. The van der Waals surface area contributed by atoms with Crippen LogP contribution >= 0.6 is 0 Å². The maximum atomic E-state index is 12.0. The highest BCUT2D eigenvalue weighted by molar-refractivity contribution is 5.83. The molecule has 0 bridgehead atoms. The van der Waals surface area contributed by atoms with E-state index in [0.717, 1.165) is 6.42 Å². The Morgan fingerprint density at radius 3 is 2.79 bits per heavy atom. The number of nitrogens with one attached hydrogen (secondary N) is 1. The van der Waals surface area contributed by atoms with Crippen molar-refractivity contribution >= 4 is 12.0 Å². The fourth-order valence-corrected chi connectivity index (χ4v) is 2.64. The van der Waals surface area contributed by atoms with Crippen molar-refractivity contribution in [1.29, 1.82) is 0 Å². The fraction of sp³-hybridized carbons (Fsp3) is 0.833. The molecular weight excluding hydrogens is 252 g/mol. The van der Waals surface area contributed by atoms with Gasteiger partial charge < -0.3 is 25.2 Å². The van der Waals surface area contributed by atoms with Crippen LogP contribution in [0, 0.1) is 5.92 Å². The molecule has 2 unspecified atom stereocenters. The van der Waals surface area contributed by atoms with Crippen LogP contribution in [0.15, 0.2) is 0 Å². The van der Waals surface area contributed by atoms with E-state index in [2.05, 4.69) is 5.32 Å². The summed E-state index contributed by atoms with van der Waals surface area (Å²) < 4.78 is 5.40. The van der Waals surface area contributed by atoms with Gasteiger partial charge in [0.15, 0.2) is 0 Å². The highest BCUT2D eigenvalue weighted by Crippen LogP contribution is 2.21. The van der Waals surface area contributed by atoms with Crippen LogP contribution in [-0.2, 0) is 9.53 Å². The summed E-state index contributed by atoms with van der Waals surface area (Å²) >= 11 is 0. The van der Waals surface area contributed by atoms with Crippen LogP contribution in [0.25, 0.3) is 0 Å². The maximum Gasteiger partial charge on any atom is 0.326 e. The minimum atomic E-state index is -1.08. The number of rotatable bonds is 3. The largest absolute Gasteiger partial charge is 0.480 e.